The molecule has 0 atom stereocenters. The SMILES string of the molecule is CC(C)N([SiH2]N(C)C)[Si](C)(C)C. The van der Waals surface area contributed by atoms with Gasteiger partial charge >= 0.3 is 0 Å². The molecule has 0 aromatic heterocycles. The lowest BCUT2D eigenvalue weighted by Gasteiger charge is -2.39. The first-order valence-electron chi connectivity index (χ1n) is 4.66. The lowest BCUT2D eigenvalue weighted by Crippen LogP contribution is -2.55. The lowest BCUT2D eigenvalue weighted by atomic mass is 10.4. The van der Waals surface area contributed by atoms with Gasteiger partial charge in [0.1, 0.15) is 8.24 Å². The number of hydrogen-bond acceptors (Lipinski definition) is 2. The molecule has 0 aliphatic carbocycles. The molecule has 0 amide bonds. The van der Waals surface area contributed by atoms with Gasteiger partial charge in [-0.15, -0.1) is 0 Å². The Labute approximate surface area is 81.0 Å². The van der Waals surface area contributed by atoms with Crippen molar-refractivity contribution < 1.29 is 0 Å². The van der Waals surface area contributed by atoms with Crippen LogP contribution in [0, 0.1) is 0 Å². The molecule has 0 spiro atoms. The molecule has 0 saturated heterocycles. The Morgan fingerprint density at radius 1 is 1.08 bits per heavy atom. The van der Waals surface area contributed by atoms with E-state index >= 15 is 0 Å². The van der Waals surface area contributed by atoms with E-state index in [2.05, 4.69) is 56.4 Å². The molecule has 74 valence electrons. The zero-order valence-corrected chi connectivity index (χ0v) is 12.1. The molecule has 0 radical (unpaired) electrons. The standard InChI is InChI=1S/C8H24N2Si2/c1-8(2)10(11-9(3)4)12(5,6)7/h8H,11H2,1-7H3. The van der Waals surface area contributed by atoms with Gasteiger partial charge < -0.3 is 8.80 Å². The van der Waals surface area contributed by atoms with Gasteiger partial charge in [-0.05, 0) is 20.1 Å². The Bertz CT molecular complexity index is 130. The van der Waals surface area contributed by atoms with Crippen molar-refractivity contribution in [1.29, 1.82) is 0 Å². The van der Waals surface area contributed by atoms with Gasteiger partial charge in [0.05, 0.1) is 0 Å². The van der Waals surface area contributed by atoms with E-state index < -0.39 is 8.24 Å². The average Bonchev–Trinajstić information content (AvgIpc) is 1.79. The molecule has 0 aliphatic heterocycles. The van der Waals surface area contributed by atoms with Crippen molar-refractivity contribution in [3.63, 3.8) is 0 Å². The third-order valence-electron chi connectivity index (χ3n) is 1.92. The Morgan fingerprint density at radius 3 is 1.58 bits per heavy atom. The van der Waals surface area contributed by atoms with Gasteiger partial charge in [0, 0.05) is 0 Å². The minimum Gasteiger partial charge on any atom is -0.336 e. The molecular formula is C8H24N2Si2. The first kappa shape index (κ1) is 12.4. The molecular weight excluding hydrogens is 180 g/mol. The molecule has 0 aromatic rings. The van der Waals surface area contributed by atoms with Gasteiger partial charge in [0.2, 0.25) is 0 Å². The van der Waals surface area contributed by atoms with Gasteiger partial charge in [-0.1, -0.05) is 33.5 Å². The Kier molecular flexibility index (Phi) is 4.69. The van der Waals surface area contributed by atoms with Crippen LogP contribution in [0.3, 0.4) is 0 Å². The second-order valence-electron chi connectivity index (χ2n) is 4.96. The maximum absolute atomic E-state index is 2.76. The van der Waals surface area contributed by atoms with Crippen LogP contribution in [0.1, 0.15) is 13.8 Å². The monoisotopic (exact) mass is 204 g/mol. The smallest absolute Gasteiger partial charge is 0.166 e. The van der Waals surface area contributed by atoms with Gasteiger partial charge in [-0.25, -0.2) is 0 Å². The van der Waals surface area contributed by atoms with Crippen LogP contribution < -0.4 is 0 Å². The van der Waals surface area contributed by atoms with Gasteiger partial charge in [-0.3, -0.25) is 0 Å². The minimum absolute atomic E-state index is 0.163. The number of nitrogens with zero attached hydrogens (tertiary/aromatic N) is 2. The normalized spacial score (nSPS) is 14.5. The van der Waals surface area contributed by atoms with Crippen LogP contribution in [-0.2, 0) is 0 Å². The molecule has 0 fully saturated rings. The number of rotatable bonds is 4. The Balaban J connectivity index is 4.25. The summed E-state index contributed by atoms with van der Waals surface area (Å²) >= 11 is 0. The fourth-order valence-corrected chi connectivity index (χ4v) is 6.49. The maximum atomic E-state index is 2.76. The molecule has 12 heavy (non-hydrogen) atoms. The zero-order chi connectivity index (χ0) is 9.94. The maximum Gasteiger partial charge on any atom is 0.166 e. The summed E-state index contributed by atoms with van der Waals surface area (Å²) in [5.41, 5.74) is 0. The Morgan fingerprint density at radius 2 is 1.50 bits per heavy atom. The van der Waals surface area contributed by atoms with Crippen LogP contribution in [-0.4, -0.2) is 47.0 Å². The van der Waals surface area contributed by atoms with Crippen LogP contribution >= 0.6 is 0 Å². The summed E-state index contributed by atoms with van der Waals surface area (Å²) in [5.74, 6) is 0. The number of hydrogen-bond donors (Lipinski definition) is 0. The topological polar surface area (TPSA) is 6.48 Å². The van der Waals surface area contributed by atoms with E-state index in [1.807, 2.05) is 0 Å². The average molecular weight is 204 g/mol. The lowest BCUT2D eigenvalue weighted by molar-refractivity contribution is 0.480. The van der Waals surface area contributed by atoms with Crippen molar-refractivity contribution in [1.82, 2.24) is 8.80 Å². The second kappa shape index (κ2) is 4.55. The molecule has 0 saturated carbocycles. The predicted molar refractivity (Wildman–Crippen MR) is 62.6 cm³/mol. The summed E-state index contributed by atoms with van der Waals surface area (Å²) in [5, 5.41) is 0. The van der Waals surface area contributed by atoms with Gasteiger partial charge in [0.15, 0.2) is 9.84 Å². The van der Waals surface area contributed by atoms with Gasteiger partial charge in [-0.2, -0.15) is 0 Å². The van der Waals surface area contributed by atoms with E-state index in [1.54, 1.807) is 0 Å². The van der Waals surface area contributed by atoms with Gasteiger partial charge in [0.25, 0.3) is 0 Å². The van der Waals surface area contributed by atoms with E-state index in [-0.39, 0.29) is 9.84 Å². The fraction of sp³-hybridized carbons (Fsp3) is 1.00. The summed E-state index contributed by atoms with van der Waals surface area (Å²) in [7, 11) is 3.17. The summed E-state index contributed by atoms with van der Waals surface area (Å²) < 4.78 is 5.14. The second-order valence-corrected chi connectivity index (χ2v) is 12.7. The zero-order valence-electron chi connectivity index (χ0n) is 9.68. The Hall–Kier alpha value is 0.354. The molecule has 2 nitrogen and oxygen atoms in total. The minimum atomic E-state index is -1.06. The highest BCUT2D eigenvalue weighted by Gasteiger charge is 2.26. The third-order valence-corrected chi connectivity index (χ3v) is 9.03. The largest absolute Gasteiger partial charge is 0.336 e. The van der Waals surface area contributed by atoms with E-state index in [0.717, 1.165) is 6.04 Å². The van der Waals surface area contributed by atoms with Crippen molar-refractivity contribution in [2.75, 3.05) is 14.1 Å². The quantitative estimate of drug-likeness (QED) is 0.633. The van der Waals surface area contributed by atoms with Crippen LogP contribution in [0.5, 0.6) is 0 Å². The van der Waals surface area contributed by atoms with E-state index in [0.29, 0.717) is 0 Å². The van der Waals surface area contributed by atoms with E-state index in [4.69, 9.17) is 0 Å². The van der Waals surface area contributed by atoms with Crippen LogP contribution in [0.15, 0.2) is 0 Å². The molecule has 0 unspecified atom stereocenters. The van der Waals surface area contributed by atoms with E-state index in [1.165, 1.54) is 0 Å². The first-order valence-corrected chi connectivity index (χ1v) is 9.38. The molecule has 0 N–H and O–H groups in total. The third kappa shape index (κ3) is 4.40. The summed E-state index contributed by atoms with van der Waals surface area (Å²) in [6.45, 7) is 11.9. The van der Waals surface area contributed by atoms with Crippen molar-refractivity contribution in [3.8, 4) is 0 Å². The highest BCUT2D eigenvalue weighted by Crippen LogP contribution is 2.11. The first-order chi connectivity index (χ1) is 5.25. The van der Waals surface area contributed by atoms with Crippen LogP contribution in [0.25, 0.3) is 0 Å². The predicted octanol–water partition coefficient (Wildman–Crippen LogP) is 1.09. The molecule has 0 aliphatic rings. The van der Waals surface area contributed by atoms with E-state index in [9.17, 15) is 0 Å². The highest BCUT2D eigenvalue weighted by atomic mass is 28.4. The van der Waals surface area contributed by atoms with Crippen LogP contribution in [0.4, 0.5) is 0 Å². The van der Waals surface area contributed by atoms with Crippen molar-refractivity contribution in [2.24, 2.45) is 0 Å². The molecule has 0 aromatic carbocycles. The molecule has 0 bridgehead atoms. The van der Waals surface area contributed by atoms with Crippen molar-refractivity contribution >= 4 is 18.1 Å². The molecule has 4 heteroatoms. The summed E-state index contributed by atoms with van der Waals surface area (Å²) in [4.78, 5) is 0. The van der Waals surface area contributed by atoms with Crippen molar-refractivity contribution in [3.05, 3.63) is 0 Å². The summed E-state index contributed by atoms with van der Waals surface area (Å²) in [6, 6.07) is 0.728. The summed E-state index contributed by atoms with van der Waals surface area (Å²) in [6.07, 6.45) is 0. The molecule has 0 heterocycles. The molecule has 0 rings (SSSR count). The van der Waals surface area contributed by atoms with Crippen LogP contribution in [0.2, 0.25) is 19.6 Å². The van der Waals surface area contributed by atoms with Crippen molar-refractivity contribution in [2.45, 2.75) is 39.5 Å². The highest BCUT2D eigenvalue weighted by molar-refractivity contribution is 6.78. The fourth-order valence-electron chi connectivity index (χ4n) is 1.45.